The summed E-state index contributed by atoms with van der Waals surface area (Å²) < 4.78 is 5.11. The third-order valence-corrected chi connectivity index (χ3v) is 3.86. The molecule has 1 aromatic carbocycles. The van der Waals surface area contributed by atoms with E-state index in [1.807, 2.05) is 13.0 Å². The Kier molecular flexibility index (Phi) is 4.34. The number of anilines is 1. The number of carbonyl (C=O) groups is 2. The number of rotatable bonds is 5. The van der Waals surface area contributed by atoms with Crippen LogP contribution in [-0.4, -0.2) is 23.5 Å². The van der Waals surface area contributed by atoms with Crippen molar-refractivity contribution in [3.8, 4) is 0 Å². The van der Waals surface area contributed by atoms with Crippen molar-refractivity contribution in [2.45, 2.75) is 25.7 Å². The Morgan fingerprint density at radius 3 is 2.83 bits per heavy atom. The largest absolute Gasteiger partial charge is 0.360 e. The monoisotopic (exact) mass is 333 g/mol. The Morgan fingerprint density at radius 2 is 2.13 bits per heavy atom. The molecule has 1 aliphatic carbocycles. The molecule has 0 unspecified atom stereocenters. The summed E-state index contributed by atoms with van der Waals surface area (Å²) >= 11 is 6.05. The average molecular weight is 334 g/mol. The molecule has 1 aromatic heterocycles. The standard InChI is InChI=1S/C16H16ClN3O3/c1-9-2-5-12(11(17)6-9)19-15(21)8-18-16(22)13-7-14(23-20-13)10-3-4-10/h2,5-7,10H,3-4,8H2,1H3,(H,18,22)(H,19,21). The minimum absolute atomic E-state index is 0.172. The second-order valence-electron chi connectivity index (χ2n) is 5.60. The molecule has 0 aliphatic heterocycles. The number of aryl methyl sites for hydroxylation is 1. The van der Waals surface area contributed by atoms with Gasteiger partial charge in [-0.1, -0.05) is 22.8 Å². The van der Waals surface area contributed by atoms with Crippen LogP contribution in [0, 0.1) is 6.92 Å². The Balaban J connectivity index is 1.52. The van der Waals surface area contributed by atoms with Gasteiger partial charge in [0, 0.05) is 12.0 Å². The number of halogens is 1. The number of amides is 2. The first-order valence-electron chi connectivity index (χ1n) is 7.34. The average Bonchev–Trinajstić information content (AvgIpc) is 3.25. The summed E-state index contributed by atoms with van der Waals surface area (Å²) in [4.78, 5) is 23.8. The lowest BCUT2D eigenvalue weighted by atomic mass is 10.2. The fraction of sp³-hybridized carbons (Fsp3) is 0.312. The maximum absolute atomic E-state index is 11.9. The first-order chi connectivity index (χ1) is 11.0. The minimum atomic E-state index is -0.439. The molecule has 0 atom stereocenters. The highest BCUT2D eigenvalue weighted by molar-refractivity contribution is 6.33. The predicted molar refractivity (Wildman–Crippen MR) is 85.6 cm³/mol. The lowest BCUT2D eigenvalue weighted by Gasteiger charge is -2.08. The summed E-state index contributed by atoms with van der Waals surface area (Å²) in [5, 5.41) is 9.33. The fourth-order valence-electron chi connectivity index (χ4n) is 2.12. The van der Waals surface area contributed by atoms with E-state index >= 15 is 0 Å². The molecule has 23 heavy (non-hydrogen) atoms. The van der Waals surface area contributed by atoms with E-state index in [2.05, 4.69) is 15.8 Å². The van der Waals surface area contributed by atoms with E-state index < -0.39 is 5.91 Å². The van der Waals surface area contributed by atoms with Crippen LogP contribution in [0.25, 0.3) is 0 Å². The van der Waals surface area contributed by atoms with Crippen LogP contribution in [-0.2, 0) is 4.79 Å². The Hall–Kier alpha value is -2.34. The molecule has 0 bridgehead atoms. The molecule has 120 valence electrons. The maximum Gasteiger partial charge on any atom is 0.273 e. The van der Waals surface area contributed by atoms with Crippen molar-refractivity contribution < 1.29 is 14.1 Å². The van der Waals surface area contributed by atoms with E-state index in [4.69, 9.17) is 16.1 Å². The van der Waals surface area contributed by atoms with Gasteiger partial charge in [-0.05, 0) is 37.5 Å². The van der Waals surface area contributed by atoms with Crippen LogP contribution in [0.3, 0.4) is 0 Å². The molecule has 0 saturated heterocycles. The van der Waals surface area contributed by atoms with Crippen LogP contribution in [0.1, 0.15) is 40.6 Å². The quantitative estimate of drug-likeness (QED) is 0.881. The lowest BCUT2D eigenvalue weighted by Crippen LogP contribution is -2.33. The Morgan fingerprint density at radius 1 is 1.35 bits per heavy atom. The molecule has 2 N–H and O–H groups in total. The molecule has 6 nitrogen and oxygen atoms in total. The third kappa shape index (κ3) is 3.90. The summed E-state index contributed by atoms with van der Waals surface area (Å²) in [6.45, 7) is 1.74. The van der Waals surface area contributed by atoms with Gasteiger partial charge in [-0.2, -0.15) is 0 Å². The maximum atomic E-state index is 11.9. The van der Waals surface area contributed by atoms with Gasteiger partial charge in [-0.15, -0.1) is 0 Å². The van der Waals surface area contributed by atoms with Gasteiger partial charge in [0.2, 0.25) is 5.91 Å². The topological polar surface area (TPSA) is 84.2 Å². The number of benzene rings is 1. The molecule has 1 saturated carbocycles. The van der Waals surface area contributed by atoms with E-state index in [1.165, 1.54) is 0 Å². The molecule has 1 aliphatic rings. The number of nitrogens with zero attached hydrogens (tertiary/aromatic N) is 1. The first kappa shape index (κ1) is 15.6. The molecule has 1 fully saturated rings. The van der Waals surface area contributed by atoms with Crippen LogP contribution in [0.5, 0.6) is 0 Å². The number of carbonyl (C=O) groups excluding carboxylic acids is 2. The van der Waals surface area contributed by atoms with Gasteiger partial charge in [0.05, 0.1) is 17.3 Å². The van der Waals surface area contributed by atoms with Crippen molar-refractivity contribution in [2.24, 2.45) is 0 Å². The summed E-state index contributed by atoms with van der Waals surface area (Å²) in [7, 11) is 0. The van der Waals surface area contributed by atoms with Gasteiger partial charge < -0.3 is 15.2 Å². The summed E-state index contributed by atoms with van der Waals surface area (Å²) in [5.41, 5.74) is 1.70. The summed E-state index contributed by atoms with van der Waals surface area (Å²) in [6.07, 6.45) is 2.13. The molecule has 7 heteroatoms. The predicted octanol–water partition coefficient (Wildman–Crippen LogP) is 2.88. The van der Waals surface area contributed by atoms with E-state index in [9.17, 15) is 9.59 Å². The van der Waals surface area contributed by atoms with Crippen molar-refractivity contribution in [2.75, 3.05) is 11.9 Å². The van der Waals surface area contributed by atoms with Gasteiger partial charge in [0.25, 0.3) is 5.91 Å². The summed E-state index contributed by atoms with van der Waals surface area (Å²) in [5.74, 6) is 0.308. The Bertz CT molecular complexity index is 753. The smallest absolute Gasteiger partial charge is 0.273 e. The Labute approximate surface area is 138 Å². The fourth-order valence-corrected chi connectivity index (χ4v) is 2.41. The highest BCUT2D eigenvalue weighted by Crippen LogP contribution is 2.40. The van der Waals surface area contributed by atoms with Crippen molar-refractivity contribution in [3.63, 3.8) is 0 Å². The molecule has 3 rings (SSSR count). The van der Waals surface area contributed by atoms with Crippen molar-refractivity contribution in [1.82, 2.24) is 10.5 Å². The number of aromatic nitrogens is 1. The zero-order valence-corrected chi connectivity index (χ0v) is 13.3. The minimum Gasteiger partial charge on any atom is -0.360 e. The molecular weight excluding hydrogens is 318 g/mol. The third-order valence-electron chi connectivity index (χ3n) is 3.55. The second-order valence-corrected chi connectivity index (χ2v) is 6.01. The van der Waals surface area contributed by atoms with Gasteiger partial charge >= 0.3 is 0 Å². The van der Waals surface area contributed by atoms with Crippen LogP contribution >= 0.6 is 11.6 Å². The summed E-state index contributed by atoms with van der Waals surface area (Å²) in [6, 6.07) is 6.94. The first-order valence-corrected chi connectivity index (χ1v) is 7.71. The van der Waals surface area contributed by atoms with Crippen molar-refractivity contribution >= 4 is 29.1 Å². The highest BCUT2D eigenvalue weighted by atomic mass is 35.5. The second kappa shape index (κ2) is 6.42. The van der Waals surface area contributed by atoms with Crippen LogP contribution in [0.15, 0.2) is 28.8 Å². The van der Waals surface area contributed by atoms with Crippen LogP contribution in [0.2, 0.25) is 5.02 Å². The molecule has 2 amide bonds. The molecule has 2 aromatic rings. The molecule has 0 radical (unpaired) electrons. The lowest BCUT2D eigenvalue weighted by molar-refractivity contribution is -0.115. The zero-order chi connectivity index (χ0) is 16.4. The van der Waals surface area contributed by atoms with Gasteiger partial charge in [0.1, 0.15) is 5.76 Å². The number of hydrogen-bond donors (Lipinski definition) is 2. The number of nitrogens with one attached hydrogen (secondary N) is 2. The van der Waals surface area contributed by atoms with Crippen molar-refractivity contribution in [3.05, 3.63) is 46.3 Å². The van der Waals surface area contributed by atoms with E-state index in [-0.39, 0.29) is 18.1 Å². The van der Waals surface area contributed by atoms with E-state index in [0.717, 1.165) is 24.2 Å². The van der Waals surface area contributed by atoms with Gasteiger partial charge in [-0.3, -0.25) is 9.59 Å². The van der Waals surface area contributed by atoms with Crippen LogP contribution < -0.4 is 10.6 Å². The van der Waals surface area contributed by atoms with E-state index in [1.54, 1.807) is 18.2 Å². The van der Waals surface area contributed by atoms with Gasteiger partial charge in [-0.25, -0.2) is 0 Å². The zero-order valence-electron chi connectivity index (χ0n) is 12.6. The molecule has 0 spiro atoms. The SMILES string of the molecule is Cc1ccc(NC(=O)CNC(=O)c2cc(C3CC3)on2)c(Cl)c1. The van der Waals surface area contributed by atoms with Crippen LogP contribution in [0.4, 0.5) is 5.69 Å². The highest BCUT2D eigenvalue weighted by Gasteiger charge is 2.28. The molecule has 1 heterocycles. The van der Waals surface area contributed by atoms with Gasteiger partial charge in [0.15, 0.2) is 5.69 Å². The van der Waals surface area contributed by atoms with Crippen molar-refractivity contribution in [1.29, 1.82) is 0 Å². The van der Waals surface area contributed by atoms with E-state index in [0.29, 0.717) is 16.6 Å². The molecular formula is C16H16ClN3O3. The normalized spacial score (nSPS) is 13.7. The number of hydrogen-bond acceptors (Lipinski definition) is 4.